The van der Waals surface area contributed by atoms with Crippen LogP contribution < -0.4 is 5.32 Å². The van der Waals surface area contributed by atoms with Gasteiger partial charge in [-0.3, -0.25) is 4.79 Å². The van der Waals surface area contributed by atoms with E-state index in [0.717, 1.165) is 24.4 Å². The number of rotatable bonds is 6. The molecule has 1 fully saturated rings. The molecule has 2 aromatic heterocycles. The third-order valence-corrected chi connectivity index (χ3v) is 8.14. The first kappa shape index (κ1) is 23.9. The molecule has 0 aliphatic heterocycles. The second-order valence-electron chi connectivity index (χ2n) is 8.02. The summed E-state index contributed by atoms with van der Waals surface area (Å²) in [6, 6.07) is 6.59. The minimum atomic E-state index is -4.54. The van der Waals surface area contributed by atoms with Crippen molar-refractivity contribution in [1.29, 1.82) is 0 Å². The van der Waals surface area contributed by atoms with Gasteiger partial charge in [-0.05, 0) is 56.2 Å². The van der Waals surface area contributed by atoms with Gasteiger partial charge in [-0.2, -0.15) is 18.3 Å². The van der Waals surface area contributed by atoms with Crippen LogP contribution >= 0.6 is 0 Å². The number of pyridine rings is 1. The molecule has 2 atom stereocenters. The predicted octanol–water partition coefficient (Wildman–Crippen LogP) is 3.60. The van der Waals surface area contributed by atoms with Crippen molar-refractivity contribution in [3.63, 3.8) is 0 Å². The molecule has 1 N–H and O–H groups in total. The van der Waals surface area contributed by atoms with Gasteiger partial charge in [-0.1, -0.05) is 0 Å². The number of hydrogen-bond acceptors (Lipinski definition) is 5. The van der Waals surface area contributed by atoms with E-state index in [9.17, 15) is 30.8 Å². The number of alkyl halides is 3. The van der Waals surface area contributed by atoms with Crippen molar-refractivity contribution in [2.75, 3.05) is 0 Å². The average molecular weight is 496 g/mol. The van der Waals surface area contributed by atoms with Crippen molar-refractivity contribution < 1.29 is 30.8 Å². The largest absolute Gasteiger partial charge is 0.433 e. The van der Waals surface area contributed by atoms with E-state index in [4.69, 9.17) is 0 Å². The third kappa shape index (κ3) is 4.67. The summed E-state index contributed by atoms with van der Waals surface area (Å²) in [7, 11) is -3.78. The van der Waals surface area contributed by atoms with E-state index in [0.29, 0.717) is 29.8 Å². The fourth-order valence-corrected chi connectivity index (χ4v) is 5.75. The Balaban J connectivity index is 1.41. The number of carbonyl (C=O) groups is 1. The van der Waals surface area contributed by atoms with Crippen LogP contribution in [-0.4, -0.2) is 34.3 Å². The molecule has 1 aliphatic rings. The maximum atomic E-state index is 13.1. The number of nitrogens with zero attached hydrogens (tertiary/aromatic N) is 3. The van der Waals surface area contributed by atoms with Crippen LogP contribution in [0.15, 0.2) is 53.7 Å². The molecule has 1 aliphatic carbocycles. The molecule has 180 valence electrons. The van der Waals surface area contributed by atoms with Crippen LogP contribution in [-0.2, 0) is 27.4 Å². The number of nitrogens with one attached hydrogen (secondary N) is 1. The molecule has 7 nitrogen and oxygen atoms in total. The molecule has 34 heavy (non-hydrogen) atoms. The number of aromatic nitrogens is 3. The summed E-state index contributed by atoms with van der Waals surface area (Å²) in [5, 5.41) is 6.08. The van der Waals surface area contributed by atoms with Crippen LogP contribution in [0.2, 0.25) is 0 Å². The normalized spacial score (nSPS) is 18.4. The molecule has 0 saturated heterocycles. The Bertz CT molecular complexity index is 1300. The van der Waals surface area contributed by atoms with Crippen LogP contribution in [0.4, 0.5) is 17.6 Å². The minimum Gasteiger partial charge on any atom is -0.352 e. The van der Waals surface area contributed by atoms with Gasteiger partial charge < -0.3 is 5.32 Å². The Kier molecular flexibility index (Phi) is 6.19. The minimum absolute atomic E-state index is 0.0290. The first-order valence-electron chi connectivity index (χ1n) is 10.3. The Morgan fingerprint density at radius 2 is 1.85 bits per heavy atom. The first-order valence-corrected chi connectivity index (χ1v) is 11.9. The second-order valence-corrected chi connectivity index (χ2v) is 10.2. The van der Waals surface area contributed by atoms with Gasteiger partial charge in [0.2, 0.25) is 5.91 Å². The van der Waals surface area contributed by atoms with Crippen LogP contribution in [0, 0.1) is 18.7 Å². The number of aryl methyl sites for hydroxylation is 1. The molecule has 2 heterocycles. The lowest BCUT2D eigenvalue weighted by Gasteiger charge is -2.34. The van der Waals surface area contributed by atoms with E-state index in [-0.39, 0.29) is 11.4 Å². The molecule has 1 aromatic carbocycles. The number of amides is 1. The molecule has 0 radical (unpaired) electrons. The Morgan fingerprint density at radius 1 is 1.15 bits per heavy atom. The number of sulfone groups is 1. The van der Waals surface area contributed by atoms with E-state index >= 15 is 0 Å². The molecule has 0 bridgehead atoms. The molecule has 3 aromatic rings. The van der Waals surface area contributed by atoms with Crippen molar-refractivity contribution >= 4 is 15.7 Å². The monoisotopic (exact) mass is 496 g/mol. The lowest BCUT2D eigenvalue weighted by atomic mass is 9.84. The fourth-order valence-electron chi connectivity index (χ4n) is 3.74. The topological polar surface area (TPSA) is 93.9 Å². The van der Waals surface area contributed by atoms with Gasteiger partial charge in [-0.15, -0.1) is 0 Å². The molecular weight excluding hydrogens is 476 g/mol. The van der Waals surface area contributed by atoms with Crippen LogP contribution in [0.5, 0.6) is 0 Å². The zero-order chi connectivity index (χ0) is 24.7. The third-order valence-electron chi connectivity index (χ3n) is 5.84. The Labute approximate surface area is 192 Å². The van der Waals surface area contributed by atoms with E-state index in [1.165, 1.54) is 22.9 Å². The van der Waals surface area contributed by atoms with E-state index < -0.39 is 44.6 Å². The van der Waals surface area contributed by atoms with E-state index in [1.54, 1.807) is 13.1 Å². The van der Waals surface area contributed by atoms with Gasteiger partial charge in [-0.25, -0.2) is 22.5 Å². The number of halogens is 4. The van der Waals surface area contributed by atoms with Gasteiger partial charge in [0.15, 0.2) is 9.84 Å². The number of benzene rings is 1. The quantitative estimate of drug-likeness (QED) is 0.416. The fraction of sp³-hybridized carbons (Fsp3) is 0.318. The summed E-state index contributed by atoms with van der Waals surface area (Å²) in [6.45, 7) is 1.75. The van der Waals surface area contributed by atoms with Crippen molar-refractivity contribution in [2.45, 2.75) is 42.6 Å². The summed E-state index contributed by atoms with van der Waals surface area (Å²) >= 11 is 0. The van der Waals surface area contributed by atoms with Crippen molar-refractivity contribution in [3.8, 4) is 5.69 Å². The SMILES string of the molecule is Cc1nn(-c2ccc(C(F)(F)F)nc2)cc1CNC(=O)[C@@H]1CC[C@@H]1S(=O)(=O)c1ccc(F)cc1. The van der Waals surface area contributed by atoms with Gasteiger partial charge in [0.1, 0.15) is 11.5 Å². The zero-order valence-electron chi connectivity index (χ0n) is 17.9. The smallest absolute Gasteiger partial charge is 0.352 e. The number of carbonyl (C=O) groups excluding carboxylic acids is 1. The highest BCUT2D eigenvalue weighted by Gasteiger charge is 2.45. The summed E-state index contributed by atoms with van der Waals surface area (Å²) in [6.07, 6.45) is -1.19. The van der Waals surface area contributed by atoms with Crippen molar-refractivity contribution in [1.82, 2.24) is 20.1 Å². The predicted molar refractivity (Wildman–Crippen MR) is 113 cm³/mol. The van der Waals surface area contributed by atoms with Gasteiger partial charge in [0.05, 0.1) is 33.6 Å². The molecule has 4 rings (SSSR count). The lowest BCUT2D eigenvalue weighted by molar-refractivity contribution is -0.141. The highest BCUT2D eigenvalue weighted by molar-refractivity contribution is 7.92. The Hall–Kier alpha value is -3.28. The summed E-state index contributed by atoms with van der Waals surface area (Å²) in [4.78, 5) is 16.1. The summed E-state index contributed by atoms with van der Waals surface area (Å²) in [5.74, 6) is -1.71. The molecule has 1 amide bonds. The Morgan fingerprint density at radius 3 is 2.41 bits per heavy atom. The van der Waals surface area contributed by atoms with Gasteiger partial charge in [0, 0.05) is 18.3 Å². The summed E-state index contributed by atoms with van der Waals surface area (Å²) in [5.41, 5.74) is 0.464. The maximum absolute atomic E-state index is 13.1. The summed E-state index contributed by atoms with van der Waals surface area (Å²) < 4.78 is 78.2. The van der Waals surface area contributed by atoms with Gasteiger partial charge >= 0.3 is 6.18 Å². The molecular formula is C22H20F4N4O3S. The van der Waals surface area contributed by atoms with E-state index in [2.05, 4.69) is 15.4 Å². The molecule has 1 saturated carbocycles. The van der Waals surface area contributed by atoms with E-state index in [1.807, 2.05) is 0 Å². The van der Waals surface area contributed by atoms with Crippen LogP contribution in [0.25, 0.3) is 5.69 Å². The highest BCUT2D eigenvalue weighted by Crippen LogP contribution is 2.37. The molecule has 0 unspecified atom stereocenters. The van der Waals surface area contributed by atoms with Crippen molar-refractivity contribution in [3.05, 3.63) is 71.6 Å². The molecule has 0 spiro atoms. The first-order chi connectivity index (χ1) is 16.0. The average Bonchev–Trinajstić information content (AvgIpc) is 3.11. The highest BCUT2D eigenvalue weighted by atomic mass is 32.2. The maximum Gasteiger partial charge on any atom is 0.433 e. The molecule has 12 heteroatoms. The second kappa shape index (κ2) is 8.82. The van der Waals surface area contributed by atoms with Crippen molar-refractivity contribution in [2.24, 2.45) is 5.92 Å². The zero-order valence-corrected chi connectivity index (χ0v) is 18.7. The van der Waals surface area contributed by atoms with Gasteiger partial charge in [0.25, 0.3) is 0 Å². The lowest BCUT2D eigenvalue weighted by Crippen LogP contribution is -2.47. The van der Waals surface area contributed by atoms with Crippen LogP contribution in [0.1, 0.15) is 29.8 Å². The standard InChI is InChI=1S/C22H20F4N4O3S/c1-13-14(12-30(29-13)16-4-9-20(27-11-16)22(24,25)26)10-28-21(31)18-7-8-19(18)34(32,33)17-5-2-15(23)3-6-17/h2-6,9,11-12,18-19H,7-8,10H2,1H3,(H,28,31)/t18-,19+/m1/s1. The number of hydrogen-bond donors (Lipinski definition) is 1. The van der Waals surface area contributed by atoms with Crippen LogP contribution in [0.3, 0.4) is 0 Å².